The van der Waals surface area contributed by atoms with Crippen molar-refractivity contribution in [3.63, 3.8) is 0 Å². The number of nitrogens with one attached hydrogen (secondary N) is 1. The Hall–Kier alpha value is -2.10. The van der Waals surface area contributed by atoms with Crippen molar-refractivity contribution in [1.82, 2.24) is 5.32 Å². The predicted octanol–water partition coefficient (Wildman–Crippen LogP) is 3.77. The average Bonchev–Trinajstić information content (AvgIpc) is 2.68. The number of rotatable bonds is 1. The van der Waals surface area contributed by atoms with Crippen LogP contribution in [0.1, 0.15) is 47.1 Å². The molecule has 0 atom stereocenters. The third kappa shape index (κ3) is 4.20. The molecule has 22 heavy (non-hydrogen) atoms. The molecule has 0 fully saturated rings. The molecule has 0 aliphatic carbocycles. The summed E-state index contributed by atoms with van der Waals surface area (Å²) in [6.07, 6.45) is 1.95. The Bertz CT molecular complexity index is 656. The Morgan fingerprint density at radius 1 is 0.909 bits per heavy atom. The van der Waals surface area contributed by atoms with Crippen molar-refractivity contribution in [2.24, 2.45) is 9.98 Å². The summed E-state index contributed by atoms with van der Waals surface area (Å²) < 4.78 is 0. The van der Waals surface area contributed by atoms with E-state index in [1.165, 1.54) is 0 Å². The second-order valence-electron chi connectivity index (χ2n) is 7.50. The van der Waals surface area contributed by atoms with Crippen LogP contribution in [0.25, 0.3) is 5.70 Å². The van der Waals surface area contributed by atoms with Gasteiger partial charge in [-0.05, 0) is 59.8 Å². The molecule has 1 aromatic rings. The first kappa shape index (κ1) is 16.3. The molecule has 0 unspecified atom stereocenters. The molecule has 0 amide bonds. The molecule has 0 aromatic heterocycles. The lowest BCUT2D eigenvalue weighted by atomic mass is 10.1. The first-order chi connectivity index (χ1) is 10.1. The quantitative estimate of drug-likeness (QED) is 0.829. The minimum atomic E-state index is -0.205. The molecule has 118 valence electrons. The highest BCUT2D eigenvalue weighted by Gasteiger charge is 2.24. The van der Waals surface area contributed by atoms with E-state index in [-0.39, 0.29) is 16.8 Å². The molecule has 0 radical (unpaired) electrons. The molecular formula is C18H25N3O. The summed E-state index contributed by atoms with van der Waals surface area (Å²) in [7, 11) is 0. The Morgan fingerprint density at radius 2 is 1.50 bits per heavy atom. The van der Waals surface area contributed by atoms with Gasteiger partial charge < -0.3 is 10.4 Å². The number of benzene rings is 1. The fourth-order valence-electron chi connectivity index (χ4n) is 2.15. The predicted molar refractivity (Wildman–Crippen MR) is 93.6 cm³/mol. The third-order valence-electron chi connectivity index (χ3n) is 2.87. The van der Waals surface area contributed by atoms with Gasteiger partial charge in [0.25, 0.3) is 0 Å². The van der Waals surface area contributed by atoms with Gasteiger partial charge in [-0.2, -0.15) is 0 Å². The number of amidine groups is 1. The van der Waals surface area contributed by atoms with Crippen LogP contribution in [0.2, 0.25) is 0 Å². The van der Waals surface area contributed by atoms with Crippen LogP contribution < -0.4 is 5.32 Å². The van der Waals surface area contributed by atoms with Crippen molar-refractivity contribution >= 4 is 17.2 Å². The fourth-order valence-corrected chi connectivity index (χ4v) is 2.15. The lowest BCUT2D eigenvalue weighted by Crippen LogP contribution is -2.28. The van der Waals surface area contributed by atoms with Crippen LogP contribution in [0.3, 0.4) is 0 Å². The van der Waals surface area contributed by atoms with Gasteiger partial charge in [0.1, 0.15) is 11.5 Å². The number of para-hydroxylation sites is 1. The summed E-state index contributed by atoms with van der Waals surface area (Å²) in [4.78, 5) is 9.47. The number of nitrogens with zero attached hydrogens (tertiary/aromatic N) is 2. The largest absolute Gasteiger partial charge is 0.507 e. The Labute approximate surface area is 132 Å². The van der Waals surface area contributed by atoms with E-state index >= 15 is 0 Å². The second-order valence-corrected chi connectivity index (χ2v) is 7.50. The third-order valence-corrected chi connectivity index (χ3v) is 2.87. The van der Waals surface area contributed by atoms with Gasteiger partial charge in [0.05, 0.1) is 16.8 Å². The number of phenolic OH excluding ortho intramolecular Hbond substituents is 1. The zero-order chi connectivity index (χ0) is 16.5. The van der Waals surface area contributed by atoms with Crippen molar-refractivity contribution in [3.8, 4) is 5.75 Å². The number of phenols is 1. The second kappa shape index (κ2) is 5.59. The summed E-state index contributed by atoms with van der Waals surface area (Å²) in [5.41, 5.74) is 2.00. The lowest BCUT2D eigenvalue weighted by Gasteiger charge is -2.17. The maximum Gasteiger partial charge on any atom is 0.151 e. The van der Waals surface area contributed by atoms with Gasteiger partial charge in [0, 0.05) is 5.56 Å². The summed E-state index contributed by atoms with van der Waals surface area (Å²) >= 11 is 0. The molecule has 0 saturated heterocycles. The molecule has 1 aliphatic rings. The van der Waals surface area contributed by atoms with Crippen LogP contribution >= 0.6 is 0 Å². The van der Waals surface area contributed by atoms with Crippen LogP contribution in [-0.2, 0) is 0 Å². The zero-order valence-corrected chi connectivity index (χ0v) is 14.2. The molecule has 4 heteroatoms. The highest BCUT2D eigenvalue weighted by Crippen LogP contribution is 2.26. The van der Waals surface area contributed by atoms with Crippen molar-refractivity contribution in [2.45, 2.75) is 52.6 Å². The van der Waals surface area contributed by atoms with E-state index in [9.17, 15) is 5.11 Å². The highest BCUT2D eigenvalue weighted by molar-refractivity contribution is 6.51. The molecule has 1 heterocycles. The van der Waals surface area contributed by atoms with Crippen molar-refractivity contribution in [2.75, 3.05) is 0 Å². The molecule has 1 aliphatic heterocycles. The van der Waals surface area contributed by atoms with E-state index in [0.717, 1.165) is 22.8 Å². The lowest BCUT2D eigenvalue weighted by molar-refractivity contribution is 0.473. The molecule has 2 N–H and O–H groups in total. The zero-order valence-electron chi connectivity index (χ0n) is 14.2. The smallest absolute Gasteiger partial charge is 0.151 e. The number of aromatic hydroxyl groups is 1. The Morgan fingerprint density at radius 3 is 2.05 bits per heavy atom. The Balaban J connectivity index is 2.49. The molecule has 4 nitrogen and oxygen atoms in total. The SMILES string of the molecule is CC(C)(C)N=C1C=C(c2ccccc2O)NC1=NC(C)(C)C. The van der Waals surface area contributed by atoms with Crippen LogP contribution in [-0.4, -0.2) is 27.7 Å². The van der Waals surface area contributed by atoms with E-state index in [2.05, 4.69) is 26.1 Å². The molecule has 0 bridgehead atoms. The van der Waals surface area contributed by atoms with Crippen LogP contribution in [0.15, 0.2) is 40.3 Å². The first-order valence-corrected chi connectivity index (χ1v) is 7.52. The molecular weight excluding hydrogens is 274 g/mol. The topological polar surface area (TPSA) is 57.0 Å². The van der Waals surface area contributed by atoms with E-state index in [4.69, 9.17) is 9.98 Å². The normalized spacial score (nSPS) is 19.5. The highest BCUT2D eigenvalue weighted by atomic mass is 16.3. The van der Waals surface area contributed by atoms with Crippen molar-refractivity contribution in [1.29, 1.82) is 0 Å². The summed E-state index contributed by atoms with van der Waals surface area (Å²) in [6.45, 7) is 12.3. The fraction of sp³-hybridized carbons (Fsp3) is 0.444. The van der Waals surface area contributed by atoms with Crippen LogP contribution in [0, 0.1) is 0 Å². The number of hydrogen-bond donors (Lipinski definition) is 2. The van der Waals surface area contributed by atoms with Gasteiger partial charge >= 0.3 is 0 Å². The molecule has 1 aromatic carbocycles. The standard InChI is InChI=1S/C18H25N3O/c1-17(2,3)20-14-11-13(12-9-7-8-10-15(12)22)19-16(14)21-18(4,5)6/h7-11,22H,1-6H3,(H,19,20,21). The molecule has 2 rings (SSSR count). The Kier molecular flexibility index (Phi) is 4.14. The van der Waals surface area contributed by atoms with Gasteiger partial charge in [0.15, 0.2) is 5.84 Å². The van der Waals surface area contributed by atoms with Gasteiger partial charge in [-0.1, -0.05) is 12.1 Å². The van der Waals surface area contributed by atoms with E-state index < -0.39 is 0 Å². The summed E-state index contributed by atoms with van der Waals surface area (Å²) in [5, 5.41) is 13.3. The van der Waals surface area contributed by atoms with Gasteiger partial charge in [-0.15, -0.1) is 0 Å². The van der Waals surface area contributed by atoms with E-state index in [1.807, 2.05) is 45.0 Å². The summed E-state index contributed by atoms with van der Waals surface area (Å²) in [6, 6.07) is 7.26. The van der Waals surface area contributed by atoms with E-state index in [0.29, 0.717) is 0 Å². The van der Waals surface area contributed by atoms with Gasteiger partial charge in [0.2, 0.25) is 0 Å². The minimum Gasteiger partial charge on any atom is -0.507 e. The molecule has 0 spiro atoms. The maximum absolute atomic E-state index is 10.0. The van der Waals surface area contributed by atoms with Crippen LogP contribution in [0.5, 0.6) is 5.75 Å². The molecule has 0 saturated carbocycles. The number of aliphatic imine (C=N–C) groups is 2. The maximum atomic E-state index is 10.0. The van der Waals surface area contributed by atoms with Crippen LogP contribution in [0.4, 0.5) is 0 Å². The summed E-state index contributed by atoms with van der Waals surface area (Å²) in [5.74, 6) is 0.994. The minimum absolute atomic E-state index is 0.194. The van der Waals surface area contributed by atoms with E-state index in [1.54, 1.807) is 6.07 Å². The van der Waals surface area contributed by atoms with Gasteiger partial charge in [-0.25, -0.2) is 0 Å². The monoisotopic (exact) mass is 299 g/mol. The first-order valence-electron chi connectivity index (χ1n) is 7.52. The van der Waals surface area contributed by atoms with Gasteiger partial charge in [-0.3, -0.25) is 9.98 Å². The van der Waals surface area contributed by atoms with Crippen molar-refractivity contribution < 1.29 is 5.11 Å². The average molecular weight is 299 g/mol. The number of hydrogen-bond acceptors (Lipinski definition) is 3. The van der Waals surface area contributed by atoms with Crippen molar-refractivity contribution in [3.05, 3.63) is 35.9 Å².